The van der Waals surface area contributed by atoms with Crippen LogP contribution in [0.15, 0.2) is 6.20 Å². The number of H-pyrrole nitrogens is 1. The van der Waals surface area contributed by atoms with Gasteiger partial charge in [-0.05, 0) is 43.7 Å². The normalized spacial score (nSPS) is 23.1. The van der Waals surface area contributed by atoms with Crippen molar-refractivity contribution >= 4 is 29.9 Å². The number of thioether (sulfide) groups is 1. The van der Waals surface area contributed by atoms with Crippen LogP contribution in [-0.2, 0) is 0 Å². The minimum absolute atomic E-state index is 0.151. The molecular weight excluding hydrogens is 302 g/mol. The van der Waals surface area contributed by atoms with Crippen molar-refractivity contribution in [2.45, 2.75) is 50.3 Å². The number of rotatable bonds is 4. The fourth-order valence-electron chi connectivity index (χ4n) is 3.06. The fraction of sp³-hybridized carbons (Fsp3) is 0.733. The molecule has 1 unspecified atom stereocenters. The van der Waals surface area contributed by atoms with Crippen molar-refractivity contribution in [1.29, 1.82) is 0 Å². The highest BCUT2D eigenvalue weighted by atomic mass is 32.2. The lowest BCUT2D eigenvalue weighted by atomic mass is 10.2. The summed E-state index contributed by atoms with van der Waals surface area (Å²) in [4.78, 5) is 18.0. The molecule has 1 aromatic heterocycles. The van der Waals surface area contributed by atoms with Gasteiger partial charge < -0.3 is 14.5 Å². The van der Waals surface area contributed by atoms with Crippen molar-refractivity contribution in [3.05, 3.63) is 16.7 Å². The van der Waals surface area contributed by atoms with E-state index < -0.39 is 0 Å². The van der Waals surface area contributed by atoms with Crippen molar-refractivity contribution in [2.24, 2.45) is 0 Å². The first-order valence-electron chi connectivity index (χ1n) is 7.91. The Labute approximate surface area is 135 Å². The zero-order valence-electron chi connectivity index (χ0n) is 12.5. The number of aromatic amines is 1. The van der Waals surface area contributed by atoms with E-state index >= 15 is 0 Å². The molecule has 2 aliphatic rings. The lowest BCUT2D eigenvalue weighted by Crippen LogP contribution is -2.36. The molecule has 1 aliphatic carbocycles. The smallest absolute Gasteiger partial charge is 0.272 e. The molecule has 1 aromatic rings. The summed E-state index contributed by atoms with van der Waals surface area (Å²) in [5.74, 6) is 1.27. The van der Waals surface area contributed by atoms with Crippen molar-refractivity contribution in [1.82, 2.24) is 14.5 Å². The van der Waals surface area contributed by atoms with E-state index in [4.69, 9.17) is 12.2 Å². The third-order valence-corrected chi connectivity index (χ3v) is 5.76. The summed E-state index contributed by atoms with van der Waals surface area (Å²) in [6.45, 7) is 3.95. The maximum Gasteiger partial charge on any atom is 0.272 e. The zero-order chi connectivity index (χ0) is 14.8. The number of nitrogens with one attached hydrogen (secondary N) is 1. The summed E-state index contributed by atoms with van der Waals surface area (Å²) < 4.78 is 2.72. The minimum Gasteiger partial charge on any atom is -0.337 e. The molecule has 1 aliphatic heterocycles. The first kappa shape index (κ1) is 15.2. The van der Waals surface area contributed by atoms with Crippen molar-refractivity contribution in [3.8, 4) is 0 Å². The van der Waals surface area contributed by atoms with Gasteiger partial charge in [-0.1, -0.05) is 13.3 Å². The van der Waals surface area contributed by atoms with E-state index in [9.17, 15) is 4.79 Å². The molecule has 6 heteroatoms. The SMILES string of the molecule is CCSC1CCCCN(C(=O)c2c[nH]c(=S)n2C2CC2)C1. The number of hydrogen-bond acceptors (Lipinski definition) is 3. The van der Waals surface area contributed by atoms with Crippen molar-refractivity contribution in [2.75, 3.05) is 18.8 Å². The van der Waals surface area contributed by atoms with Crippen LogP contribution in [0.1, 0.15) is 55.6 Å². The average Bonchev–Trinajstić information content (AvgIpc) is 3.26. The van der Waals surface area contributed by atoms with Crippen LogP contribution in [-0.4, -0.2) is 44.5 Å². The van der Waals surface area contributed by atoms with Gasteiger partial charge in [0.2, 0.25) is 0 Å². The Kier molecular flexibility index (Phi) is 4.74. The Bertz CT molecular complexity index is 562. The summed E-state index contributed by atoms with van der Waals surface area (Å²) in [6.07, 6.45) is 7.65. The number of hydrogen-bond donors (Lipinski definition) is 1. The second-order valence-electron chi connectivity index (χ2n) is 5.90. The summed E-state index contributed by atoms with van der Waals surface area (Å²) >= 11 is 7.31. The highest BCUT2D eigenvalue weighted by Gasteiger charge is 2.31. The molecule has 0 bridgehead atoms. The Balaban J connectivity index is 1.78. The van der Waals surface area contributed by atoms with Crippen LogP contribution in [0, 0.1) is 4.77 Å². The summed E-state index contributed by atoms with van der Waals surface area (Å²) in [7, 11) is 0. The van der Waals surface area contributed by atoms with E-state index in [1.807, 2.05) is 21.2 Å². The first-order chi connectivity index (χ1) is 10.2. The lowest BCUT2D eigenvalue weighted by Gasteiger charge is -2.24. The van der Waals surface area contributed by atoms with Gasteiger partial charge in [-0.3, -0.25) is 4.79 Å². The molecule has 0 radical (unpaired) electrons. The van der Waals surface area contributed by atoms with E-state index in [0.29, 0.717) is 16.1 Å². The van der Waals surface area contributed by atoms with Gasteiger partial charge in [-0.2, -0.15) is 11.8 Å². The maximum atomic E-state index is 12.9. The van der Waals surface area contributed by atoms with Crippen molar-refractivity contribution in [3.63, 3.8) is 0 Å². The third kappa shape index (κ3) is 3.37. The quantitative estimate of drug-likeness (QED) is 0.860. The average molecular weight is 326 g/mol. The molecule has 3 rings (SSSR count). The van der Waals surface area contributed by atoms with Gasteiger partial charge in [0.1, 0.15) is 5.69 Å². The van der Waals surface area contributed by atoms with Crippen LogP contribution in [0.3, 0.4) is 0 Å². The monoisotopic (exact) mass is 325 g/mol. The molecule has 4 nitrogen and oxygen atoms in total. The number of carbonyl (C=O) groups excluding carboxylic acids is 1. The Morgan fingerprint density at radius 2 is 2.24 bits per heavy atom. The van der Waals surface area contributed by atoms with Crippen LogP contribution in [0.5, 0.6) is 0 Å². The van der Waals surface area contributed by atoms with Crippen LogP contribution < -0.4 is 0 Å². The molecule has 1 atom stereocenters. The fourth-order valence-corrected chi connectivity index (χ4v) is 4.46. The van der Waals surface area contributed by atoms with Gasteiger partial charge in [0, 0.05) is 30.6 Å². The van der Waals surface area contributed by atoms with Gasteiger partial charge in [0.15, 0.2) is 4.77 Å². The highest BCUT2D eigenvalue weighted by molar-refractivity contribution is 7.99. The van der Waals surface area contributed by atoms with Gasteiger partial charge in [0.25, 0.3) is 5.91 Å². The van der Waals surface area contributed by atoms with Gasteiger partial charge in [-0.25, -0.2) is 0 Å². The first-order valence-corrected chi connectivity index (χ1v) is 9.37. The van der Waals surface area contributed by atoms with Crippen LogP contribution in [0.2, 0.25) is 0 Å². The Morgan fingerprint density at radius 3 is 2.95 bits per heavy atom. The predicted molar refractivity (Wildman–Crippen MR) is 89.6 cm³/mol. The molecule has 0 aromatic carbocycles. The van der Waals surface area contributed by atoms with E-state index in [-0.39, 0.29) is 5.91 Å². The molecule has 1 N–H and O–H groups in total. The molecule has 1 amide bonds. The Hall–Kier alpha value is -0.750. The largest absolute Gasteiger partial charge is 0.337 e. The molecule has 2 fully saturated rings. The summed E-state index contributed by atoms with van der Waals surface area (Å²) in [6, 6.07) is 0.440. The van der Waals surface area contributed by atoms with Gasteiger partial charge in [-0.15, -0.1) is 0 Å². The molecule has 1 saturated carbocycles. The van der Waals surface area contributed by atoms with E-state index in [2.05, 4.69) is 11.9 Å². The van der Waals surface area contributed by atoms with E-state index in [0.717, 1.165) is 43.8 Å². The molecular formula is C15H23N3OS2. The standard InChI is InChI=1S/C15H23N3OS2/c1-2-21-12-5-3-4-8-17(10-12)14(19)13-9-16-15(20)18(13)11-6-7-11/h9,11-12H,2-8,10H2,1H3,(H,16,20). The second kappa shape index (κ2) is 6.57. The lowest BCUT2D eigenvalue weighted by molar-refractivity contribution is 0.0752. The number of nitrogens with zero attached hydrogens (tertiary/aromatic N) is 2. The topological polar surface area (TPSA) is 41.0 Å². The van der Waals surface area contributed by atoms with E-state index in [1.165, 1.54) is 12.8 Å². The maximum absolute atomic E-state index is 12.9. The molecule has 21 heavy (non-hydrogen) atoms. The molecule has 2 heterocycles. The highest BCUT2D eigenvalue weighted by Crippen LogP contribution is 2.36. The molecule has 1 saturated heterocycles. The number of likely N-dealkylation sites (tertiary alicyclic amines) is 1. The number of imidazole rings is 1. The Morgan fingerprint density at radius 1 is 1.43 bits per heavy atom. The predicted octanol–water partition coefficient (Wildman–Crippen LogP) is 3.63. The molecule has 0 spiro atoms. The number of amides is 1. The third-order valence-electron chi connectivity index (χ3n) is 4.26. The number of carbonyl (C=O) groups is 1. The van der Waals surface area contributed by atoms with E-state index in [1.54, 1.807) is 6.20 Å². The number of aromatic nitrogens is 2. The summed E-state index contributed by atoms with van der Waals surface area (Å²) in [5.41, 5.74) is 0.754. The van der Waals surface area contributed by atoms with Crippen molar-refractivity contribution < 1.29 is 4.79 Å². The van der Waals surface area contributed by atoms with Crippen LogP contribution >= 0.6 is 24.0 Å². The van der Waals surface area contributed by atoms with Gasteiger partial charge >= 0.3 is 0 Å². The summed E-state index contributed by atoms with van der Waals surface area (Å²) in [5, 5.41) is 0.581. The molecule has 116 valence electrons. The second-order valence-corrected chi connectivity index (χ2v) is 7.87. The van der Waals surface area contributed by atoms with Crippen LogP contribution in [0.25, 0.3) is 0 Å². The minimum atomic E-state index is 0.151. The zero-order valence-corrected chi connectivity index (χ0v) is 14.1. The van der Waals surface area contributed by atoms with Crippen LogP contribution in [0.4, 0.5) is 0 Å². The van der Waals surface area contributed by atoms with Gasteiger partial charge in [0.05, 0.1) is 0 Å².